The van der Waals surface area contributed by atoms with E-state index in [0.29, 0.717) is 12.1 Å². The number of carboxylic acids is 1. The van der Waals surface area contributed by atoms with E-state index in [0.717, 1.165) is 28.1 Å². The van der Waals surface area contributed by atoms with Crippen molar-refractivity contribution in [3.63, 3.8) is 0 Å². The molecule has 1 unspecified atom stereocenters. The van der Waals surface area contributed by atoms with Crippen LogP contribution in [0.15, 0.2) is 29.6 Å². The molecule has 0 spiro atoms. The molecule has 4 nitrogen and oxygen atoms in total. The summed E-state index contributed by atoms with van der Waals surface area (Å²) >= 11 is 1.60. The van der Waals surface area contributed by atoms with E-state index in [-0.39, 0.29) is 0 Å². The minimum Gasteiger partial charge on any atom is -0.479 e. The average molecular weight is 298 g/mol. The summed E-state index contributed by atoms with van der Waals surface area (Å²) in [6, 6.07) is 8.83. The number of hydrogen-bond donors (Lipinski definition) is 1. The number of fused-ring (bicyclic) bond motifs is 1. The van der Waals surface area contributed by atoms with E-state index in [1.807, 2.05) is 35.4 Å². The van der Waals surface area contributed by atoms with Crippen LogP contribution >= 0.6 is 11.3 Å². The van der Waals surface area contributed by atoms with E-state index in [4.69, 9.17) is 0 Å². The fourth-order valence-electron chi connectivity index (χ4n) is 2.95. The van der Waals surface area contributed by atoms with Crippen molar-refractivity contribution in [1.29, 1.82) is 5.26 Å². The van der Waals surface area contributed by atoms with Gasteiger partial charge >= 0.3 is 5.97 Å². The Morgan fingerprint density at radius 3 is 3.00 bits per heavy atom. The molecule has 1 aliphatic heterocycles. The zero-order valence-corrected chi connectivity index (χ0v) is 12.4. The minimum atomic E-state index is -0.874. The van der Waals surface area contributed by atoms with Gasteiger partial charge in [-0.3, -0.25) is 0 Å². The van der Waals surface area contributed by atoms with Crippen LogP contribution in [-0.2, 0) is 11.2 Å². The number of carbonyl (C=O) groups is 1. The third-order valence-electron chi connectivity index (χ3n) is 3.85. The minimum absolute atomic E-state index is 0.528. The fourth-order valence-corrected chi connectivity index (χ4v) is 3.86. The molecule has 0 saturated heterocycles. The summed E-state index contributed by atoms with van der Waals surface area (Å²) < 4.78 is 0. The van der Waals surface area contributed by atoms with Crippen molar-refractivity contribution in [3.05, 3.63) is 51.2 Å². The summed E-state index contributed by atoms with van der Waals surface area (Å²) in [6.07, 6.45) is 0.815. The molecular weight excluding hydrogens is 284 g/mol. The van der Waals surface area contributed by atoms with Gasteiger partial charge in [0.15, 0.2) is 6.04 Å². The third-order valence-corrected chi connectivity index (χ3v) is 4.84. The number of anilines is 1. The average Bonchev–Trinajstić information content (AvgIpc) is 2.93. The molecular formula is C16H14N2O2S. The van der Waals surface area contributed by atoms with Crippen LogP contribution in [0.5, 0.6) is 0 Å². The molecule has 3 rings (SSSR count). The standard InChI is InChI=1S/C16H14N2O2S/c1-10-3-2-4-11(9-17)14(10)18-7-5-13-12(6-8-21-13)15(18)16(19)20/h2-4,6,8,15H,5,7H2,1H3,(H,19,20). The van der Waals surface area contributed by atoms with Crippen LogP contribution in [0.25, 0.3) is 0 Å². The normalized spacial score (nSPS) is 17.1. The van der Waals surface area contributed by atoms with E-state index in [9.17, 15) is 15.2 Å². The Bertz CT molecular complexity index is 745. The largest absolute Gasteiger partial charge is 0.479 e. The van der Waals surface area contributed by atoms with Crippen molar-refractivity contribution in [2.75, 3.05) is 11.4 Å². The predicted molar refractivity (Wildman–Crippen MR) is 81.6 cm³/mol. The van der Waals surface area contributed by atoms with Gasteiger partial charge in [-0.15, -0.1) is 11.3 Å². The first-order valence-electron chi connectivity index (χ1n) is 6.69. The van der Waals surface area contributed by atoms with Gasteiger partial charge in [-0.1, -0.05) is 12.1 Å². The van der Waals surface area contributed by atoms with Gasteiger partial charge in [-0.2, -0.15) is 5.26 Å². The van der Waals surface area contributed by atoms with E-state index in [1.54, 1.807) is 17.4 Å². The number of para-hydroxylation sites is 1. The molecule has 2 aromatic rings. The van der Waals surface area contributed by atoms with Crippen LogP contribution in [0.2, 0.25) is 0 Å². The number of rotatable bonds is 2. The maximum Gasteiger partial charge on any atom is 0.331 e. The Balaban J connectivity index is 2.16. The highest BCUT2D eigenvalue weighted by Gasteiger charge is 2.35. The molecule has 1 aromatic heterocycles. The summed E-state index contributed by atoms with van der Waals surface area (Å²) in [6.45, 7) is 2.53. The van der Waals surface area contributed by atoms with Crippen LogP contribution in [-0.4, -0.2) is 17.6 Å². The molecule has 106 valence electrons. The van der Waals surface area contributed by atoms with E-state index >= 15 is 0 Å². The highest BCUT2D eigenvalue weighted by Crippen LogP contribution is 2.39. The summed E-state index contributed by atoms with van der Waals surface area (Å²) in [7, 11) is 0. The van der Waals surface area contributed by atoms with Gasteiger partial charge in [0.25, 0.3) is 0 Å². The Morgan fingerprint density at radius 2 is 2.29 bits per heavy atom. The SMILES string of the molecule is Cc1cccc(C#N)c1N1CCc2sccc2C1C(=O)O. The number of nitriles is 1. The first-order chi connectivity index (χ1) is 10.1. The van der Waals surface area contributed by atoms with E-state index in [1.165, 1.54) is 0 Å². The number of aryl methyl sites for hydroxylation is 1. The molecule has 21 heavy (non-hydrogen) atoms. The Labute approximate surface area is 126 Å². The maximum atomic E-state index is 11.8. The third kappa shape index (κ3) is 2.18. The van der Waals surface area contributed by atoms with Gasteiger partial charge in [-0.25, -0.2) is 4.79 Å². The van der Waals surface area contributed by atoms with Gasteiger partial charge in [0, 0.05) is 11.4 Å². The number of carboxylic acid groups (broad SMARTS) is 1. The van der Waals surface area contributed by atoms with Crippen molar-refractivity contribution in [2.45, 2.75) is 19.4 Å². The van der Waals surface area contributed by atoms with Gasteiger partial charge in [0.05, 0.1) is 11.3 Å². The van der Waals surface area contributed by atoms with Crippen LogP contribution < -0.4 is 4.90 Å². The Kier molecular flexibility index (Phi) is 3.40. The maximum absolute atomic E-state index is 11.8. The highest BCUT2D eigenvalue weighted by atomic mass is 32.1. The van der Waals surface area contributed by atoms with Crippen LogP contribution in [0.4, 0.5) is 5.69 Å². The first-order valence-corrected chi connectivity index (χ1v) is 7.57. The molecule has 2 heterocycles. The second kappa shape index (κ2) is 5.23. The Morgan fingerprint density at radius 1 is 1.48 bits per heavy atom. The lowest BCUT2D eigenvalue weighted by atomic mass is 9.96. The zero-order valence-electron chi connectivity index (χ0n) is 11.5. The smallest absolute Gasteiger partial charge is 0.331 e. The fraction of sp³-hybridized carbons (Fsp3) is 0.250. The van der Waals surface area contributed by atoms with Crippen molar-refractivity contribution >= 4 is 23.0 Å². The van der Waals surface area contributed by atoms with Gasteiger partial charge < -0.3 is 10.0 Å². The lowest BCUT2D eigenvalue weighted by molar-refractivity contribution is -0.138. The monoisotopic (exact) mass is 298 g/mol. The molecule has 5 heteroatoms. The second-order valence-electron chi connectivity index (χ2n) is 5.07. The molecule has 1 aliphatic rings. The lowest BCUT2D eigenvalue weighted by Crippen LogP contribution is -2.40. The van der Waals surface area contributed by atoms with Crippen molar-refractivity contribution in [1.82, 2.24) is 0 Å². The van der Waals surface area contributed by atoms with Crippen molar-refractivity contribution in [2.24, 2.45) is 0 Å². The molecule has 1 aromatic carbocycles. The molecule has 0 bridgehead atoms. The summed E-state index contributed by atoms with van der Waals surface area (Å²) in [5.41, 5.74) is 3.05. The first kappa shape index (κ1) is 13.7. The van der Waals surface area contributed by atoms with Crippen LogP contribution in [0, 0.1) is 18.3 Å². The van der Waals surface area contributed by atoms with Crippen molar-refractivity contribution in [3.8, 4) is 6.07 Å². The van der Waals surface area contributed by atoms with Gasteiger partial charge in [0.2, 0.25) is 0 Å². The summed E-state index contributed by atoms with van der Waals surface area (Å²) in [4.78, 5) is 14.8. The second-order valence-corrected chi connectivity index (χ2v) is 6.07. The number of hydrogen-bond acceptors (Lipinski definition) is 4. The van der Waals surface area contributed by atoms with Gasteiger partial charge in [0.1, 0.15) is 6.07 Å². The Hall–Kier alpha value is -2.32. The topological polar surface area (TPSA) is 64.3 Å². The molecule has 0 amide bonds. The predicted octanol–water partition coefficient (Wildman–Crippen LogP) is 3.12. The molecule has 0 aliphatic carbocycles. The number of thiophene rings is 1. The van der Waals surface area contributed by atoms with Gasteiger partial charge in [-0.05, 0) is 42.0 Å². The molecule has 0 radical (unpaired) electrons. The molecule has 1 atom stereocenters. The van der Waals surface area contributed by atoms with E-state index < -0.39 is 12.0 Å². The van der Waals surface area contributed by atoms with Crippen molar-refractivity contribution < 1.29 is 9.90 Å². The summed E-state index contributed by atoms with van der Waals surface area (Å²) in [5.74, 6) is -0.874. The number of nitrogens with zero attached hydrogens (tertiary/aromatic N) is 2. The molecule has 1 N–H and O–H groups in total. The zero-order chi connectivity index (χ0) is 15.0. The molecule has 0 saturated carbocycles. The number of benzene rings is 1. The summed E-state index contributed by atoms with van der Waals surface area (Å²) in [5, 5.41) is 20.9. The van der Waals surface area contributed by atoms with Crippen LogP contribution in [0.3, 0.4) is 0 Å². The van der Waals surface area contributed by atoms with E-state index in [2.05, 4.69) is 6.07 Å². The van der Waals surface area contributed by atoms with Crippen LogP contribution in [0.1, 0.15) is 27.6 Å². The highest BCUT2D eigenvalue weighted by molar-refractivity contribution is 7.10. The molecule has 0 fully saturated rings. The quantitative estimate of drug-likeness (QED) is 0.925. The lowest BCUT2D eigenvalue weighted by Gasteiger charge is -2.36. The number of aliphatic carboxylic acids is 1.